The topological polar surface area (TPSA) is 52.6 Å². The highest BCUT2D eigenvalue weighted by Crippen LogP contribution is 2.29. The van der Waals surface area contributed by atoms with Crippen LogP contribution in [0.25, 0.3) is 11.1 Å². The number of unbranched alkanes of at least 4 members (excludes halogenated alkanes) is 10. The standard InChI is InChI=1S/C30H42O4/c1-2-3-4-5-6-7-8-9-10-18-25-33-29(31)23-16-17-24-30(32)34-28-22-15-14-21-27(28)26-19-12-11-13-20-26/h11-15,19-22H,2-10,16-18,23-25H2,1H3. The van der Waals surface area contributed by atoms with Gasteiger partial charge < -0.3 is 9.47 Å². The molecule has 2 aromatic rings. The molecule has 0 atom stereocenters. The molecular formula is C30H42O4. The molecule has 2 aromatic carbocycles. The summed E-state index contributed by atoms with van der Waals surface area (Å²) >= 11 is 0. The van der Waals surface area contributed by atoms with Crippen LogP contribution in [-0.4, -0.2) is 18.5 Å². The molecule has 0 spiro atoms. The lowest BCUT2D eigenvalue weighted by Crippen LogP contribution is -2.09. The first-order valence-electron chi connectivity index (χ1n) is 13.2. The molecule has 186 valence electrons. The van der Waals surface area contributed by atoms with E-state index in [2.05, 4.69) is 6.92 Å². The van der Waals surface area contributed by atoms with E-state index >= 15 is 0 Å². The van der Waals surface area contributed by atoms with Gasteiger partial charge in [-0.15, -0.1) is 0 Å². The highest BCUT2D eigenvalue weighted by atomic mass is 16.5. The van der Waals surface area contributed by atoms with Crippen LogP contribution in [0.15, 0.2) is 54.6 Å². The first-order chi connectivity index (χ1) is 16.7. The summed E-state index contributed by atoms with van der Waals surface area (Å²) in [4.78, 5) is 24.2. The van der Waals surface area contributed by atoms with E-state index in [1.165, 1.54) is 51.4 Å². The fourth-order valence-electron chi connectivity index (χ4n) is 3.97. The van der Waals surface area contributed by atoms with Crippen molar-refractivity contribution in [3.05, 3.63) is 54.6 Å². The Bertz CT molecular complexity index is 816. The number of benzene rings is 2. The summed E-state index contributed by atoms with van der Waals surface area (Å²) < 4.78 is 10.9. The largest absolute Gasteiger partial charge is 0.466 e. The molecule has 4 heteroatoms. The van der Waals surface area contributed by atoms with Crippen molar-refractivity contribution in [1.82, 2.24) is 0 Å². The fourth-order valence-corrected chi connectivity index (χ4v) is 3.97. The number of carbonyl (C=O) groups excluding carboxylic acids is 2. The van der Waals surface area contributed by atoms with Gasteiger partial charge in [-0.2, -0.15) is 0 Å². The van der Waals surface area contributed by atoms with Crippen molar-refractivity contribution in [2.75, 3.05) is 6.61 Å². The normalized spacial score (nSPS) is 10.7. The van der Waals surface area contributed by atoms with Gasteiger partial charge in [0.2, 0.25) is 0 Å². The second-order valence-corrected chi connectivity index (χ2v) is 8.95. The Morgan fingerprint density at radius 1 is 0.618 bits per heavy atom. The summed E-state index contributed by atoms with van der Waals surface area (Å²) in [6, 6.07) is 17.4. The molecule has 0 saturated heterocycles. The molecule has 4 nitrogen and oxygen atoms in total. The molecule has 0 N–H and O–H groups in total. The Kier molecular flexibility index (Phi) is 14.5. The van der Waals surface area contributed by atoms with E-state index in [-0.39, 0.29) is 18.4 Å². The van der Waals surface area contributed by atoms with E-state index in [1.54, 1.807) is 0 Å². The molecule has 0 radical (unpaired) electrons. The lowest BCUT2D eigenvalue weighted by molar-refractivity contribution is -0.144. The molecule has 0 heterocycles. The van der Waals surface area contributed by atoms with Crippen LogP contribution in [0.1, 0.15) is 96.8 Å². The minimum Gasteiger partial charge on any atom is -0.466 e. The van der Waals surface area contributed by atoms with Crippen molar-refractivity contribution in [3.63, 3.8) is 0 Å². The van der Waals surface area contributed by atoms with Gasteiger partial charge in [0.1, 0.15) is 5.75 Å². The van der Waals surface area contributed by atoms with Crippen molar-refractivity contribution in [3.8, 4) is 16.9 Å². The lowest BCUT2D eigenvalue weighted by Gasteiger charge is -2.10. The van der Waals surface area contributed by atoms with Gasteiger partial charge in [0.15, 0.2) is 0 Å². The first-order valence-corrected chi connectivity index (χ1v) is 13.2. The van der Waals surface area contributed by atoms with Crippen LogP contribution >= 0.6 is 0 Å². The van der Waals surface area contributed by atoms with Crippen LogP contribution in [0.2, 0.25) is 0 Å². The first kappa shape index (κ1) is 27.6. The highest BCUT2D eigenvalue weighted by molar-refractivity contribution is 5.78. The van der Waals surface area contributed by atoms with E-state index in [0.717, 1.165) is 24.0 Å². The van der Waals surface area contributed by atoms with Crippen LogP contribution in [0, 0.1) is 0 Å². The molecule has 0 unspecified atom stereocenters. The Morgan fingerprint density at radius 3 is 1.85 bits per heavy atom. The average Bonchev–Trinajstić information content (AvgIpc) is 2.86. The second-order valence-electron chi connectivity index (χ2n) is 8.95. The quantitative estimate of drug-likeness (QED) is 0.126. The van der Waals surface area contributed by atoms with Crippen molar-refractivity contribution in [2.24, 2.45) is 0 Å². The Morgan fingerprint density at radius 2 is 1.18 bits per heavy atom. The molecule has 0 aliphatic heterocycles. The maximum atomic E-state index is 12.3. The molecular weight excluding hydrogens is 424 g/mol. The fraction of sp³-hybridized carbons (Fsp3) is 0.533. The maximum Gasteiger partial charge on any atom is 0.311 e. The summed E-state index contributed by atoms with van der Waals surface area (Å²) in [6.45, 7) is 2.75. The highest BCUT2D eigenvalue weighted by Gasteiger charge is 2.11. The third-order valence-corrected chi connectivity index (χ3v) is 5.97. The predicted octanol–water partition coefficient (Wildman–Crippen LogP) is 8.28. The summed E-state index contributed by atoms with van der Waals surface area (Å²) in [6.07, 6.45) is 14.5. The number of carbonyl (C=O) groups is 2. The number of esters is 2. The second kappa shape index (κ2) is 17.8. The SMILES string of the molecule is CCCCCCCCCCCCOC(=O)CCCCC(=O)Oc1ccccc1-c1ccccc1. The zero-order valence-corrected chi connectivity index (χ0v) is 20.9. The van der Waals surface area contributed by atoms with E-state index < -0.39 is 0 Å². The lowest BCUT2D eigenvalue weighted by atomic mass is 10.0. The number of rotatable bonds is 18. The molecule has 0 amide bonds. The van der Waals surface area contributed by atoms with Crippen LogP contribution in [0.5, 0.6) is 5.75 Å². The number of para-hydroxylation sites is 1. The third-order valence-electron chi connectivity index (χ3n) is 5.97. The van der Waals surface area contributed by atoms with Crippen LogP contribution in [0.3, 0.4) is 0 Å². The number of hydrogen-bond donors (Lipinski definition) is 0. The summed E-state index contributed by atoms with van der Waals surface area (Å²) in [5.41, 5.74) is 1.91. The van der Waals surface area contributed by atoms with Gasteiger partial charge in [-0.1, -0.05) is 113 Å². The van der Waals surface area contributed by atoms with Crippen molar-refractivity contribution < 1.29 is 19.1 Å². The van der Waals surface area contributed by atoms with E-state index in [9.17, 15) is 9.59 Å². The van der Waals surface area contributed by atoms with Crippen LogP contribution in [0.4, 0.5) is 0 Å². The van der Waals surface area contributed by atoms with Crippen LogP contribution < -0.4 is 4.74 Å². The maximum absolute atomic E-state index is 12.3. The van der Waals surface area contributed by atoms with Crippen LogP contribution in [-0.2, 0) is 14.3 Å². The van der Waals surface area contributed by atoms with Gasteiger partial charge >= 0.3 is 11.9 Å². The summed E-state index contributed by atoms with van der Waals surface area (Å²) in [5, 5.41) is 0. The third kappa shape index (κ3) is 12.0. The summed E-state index contributed by atoms with van der Waals surface area (Å²) in [7, 11) is 0. The summed E-state index contributed by atoms with van der Waals surface area (Å²) in [5.74, 6) is 0.121. The zero-order chi connectivity index (χ0) is 24.3. The minimum atomic E-state index is -0.276. The van der Waals surface area contributed by atoms with E-state index in [1.807, 2.05) is 54.6 Å². The smallest absolute Gasteiger partial charge is 0.311 e. The molecule has 0 fully saturated rings. The molecule has 34 heavy (non-hydrogen) atoms. The Hall–Kier alpha value is -2.62. The minimum absolute atomic E-state index is 0.168. The van der Waals surface area contributed by atoms with Gasteiger partial charge in [-0.05, 0) is 30.9 Å². The Balaban J connectivity index is 1.50. The van der Waals surface area contributed by atoms with Gasteiger partial charge in [0.25, 0.3) is 0 Å². The molecule has 0 aliphatic rings. The molecule has 0 aromatic heterocycles. The van der Waals surface area contributed by atoms with Gasteiger partial charge in [0, 0.05) is 18.4 Å². The Labute approximate surface area is 206 Å². The van der Waals surface area contributed by atoms with Crippen molar-refractivity contribution >= 4 is 11.9 Å². The van der Waals surface area contributed by atoms with Gasteiger partial charge in [-0.3, -0.25) is 9.59 Å². The average molecular weight is 467 g/mol. The molecule has 0 bridgehead atoms. The molecule has 0 saturated carbocycles. The zero-order valence-electron chi connectivity index (χ0n) is 20.9. The van der Waals surface area contributed by atoms with E-state index in [4.69, 9.17) is 9.47 Å². The van der Waals surface area contributed by atoms with E-state index in [0.29, 0.717) is 31.6 Å². The number of ether oxygens (including phenoxy) is 2. The molecule has 2 rings (SSSR count). The monoisotopic (exact) mass is 466 g/mol. The van der Waals surface area contributed by atoms with Crippen molar-refractivity contribution in [1.29, 1.82) is 0 Å². The predicted molar refractivity (Wildman–Crippen MR) is 139 cm³/mol. The van der Waals surface area contributed by atoms with Crippen molar-refractivity contribution in [2.45, 2.75) is 96.8 Å². The number of hydrogen-bond acceptors (Lipinski definition) is 4. The van der Waals surface area contributed by atoms with Gasteiger partial charge in [0.05, 0.1) is 6.61 Å². The molecule has 0 aliphatic carbocycles. The van der Waals surface area contributed by atoms with Gasteiger partial charge in [-0.25, -0.2) is 0 Å².